The van der Waals surface area contributed by atoms with Crippen molar-refractivity contribution in [2.75, 3.05) is 26.9 Å². The molecule has 5 aromatic rings. The van der Waals surface area contributed by atoms with Gasteiger partial charge in [0.1, 0.15) is 24.7 Å². The van der Waals surface area contributed by atoms with E-state index in [2.05, 4.69) is 11.9 Å². The van der Waals surface area contributed by atoms with Crippen molar-refractivity contribution in [1.82, 2.24) is 5.32 Å². The van der Waals surface area contributed by atoms with E-state index in [1.54, 1.807) is 13.2 Å². The minimum Gasteiger partial charge on any atom is -0.497 e. The van der Waals surface area contributed by atoms with Gasteiger partial charge in [-0.2, -0.15) is 0 Å². The van der Waals surface area contributed by atoms with Crippen molar-refractivity contribution in [2.24, 2.45) is 4.99 Å². The summed E-state index contributed by atoms with van der Waals surface area (Å²) in [4.78, 5) is 19.4. The molecular weight excluding hydrogens is 681 g/mol. The topological polar surface area (TPSA) is 108 Å². The second-order valence-corrected chi connectivity index (χ2v) is 12.9. The van der Waals surface area contributed by atoms with E-state index in [1.807, 2.05) is 127 Å². The van der Waals surface area contributed by atoms with E-state index in [1.165, 1.54) is 0 Å². The van der Waals surface area contributed by atoms with E-state index in [0.717, 1.165) is 22.3 Å². The Balaban J connectivity index is 1.21. The molecule has 278 valence electrons. The monoisotopic (exact) mass is 726 g/mol. The lowest BCUT2D eigenvalue weighted by Gasteiger charge is -2.30. The van der Waals surface area contributed by atoms with Gasteiger partial charge in [0.25, 0.3) is 5.91 Å². The molecule has 5 aromatic carbocycles. The highest BCUT2D eigenvalue weighted by molar-refractivity contribution is 6.01. The zero-order valence-electron chi connectivity index (χ0n) is 30.5. The Kier molecular flexibility index (Phi) is 13.0. The van der Waals surface area contributed by atoms with Crippen LogP contribution in [-0.2, 0) is 29.2 Å². The van der Waals surface area contributed by atoms with Crippen LogP contribution in [0.3, 0.4) is 0 Å². The number of rotatable bonds is 19. The van der Waals surface area contributed by atoms with Crippen molar-refractivity contribution in [3.63, 3.8) is 0 Å². The molecule has 1 aliphatic heterocycles. The number of aliphatic hydroxyl groups is 1. The van der Waals surface area contributed by atoms with Crippen molar-refractivity contribution < 1.29 is 33.6 Å². The van der Waals surface area contributed by atoms with Gasteiger partial charge in [-0.1, -0.05) is 84.9 Å². The fourth-order valence-electron chi connectivity index (χ4n) is 6.22. The molecule has 1 aliphatic rings. The largest absolute Gasteiger partial charge is 0.497 e. The standard InChI is InChI=1S/C45H46N2O7/c1-3-25-45(42(37-16-10-17-39(30-37)50-2)54-43(47-45)36-19-21-38(22-20-36)51-28-11-27-48)44(49)46-26-24-33-18-23-40(52-31-34-12-6-4-7-13-34)41(29-33)53-32-35-14-8-5-9-15-35/h3-10,12-23,29-30,42,48H,1,11,24-28,31-32H2,2H3,(H,46,49)/t42-,45-/m1/s1. The zero-order chi connectivity index (χ0) is 37.6. The maximum absolute atomic E-state index is 14.4. The average Bonchev–Trinajstić information content (AvgIpc) is 3.61. The minimum atomic E-state index is -1.33. The number of methoxy groups -OCH3 is 1. The number of amides is 1. The van der Waals surface area contributed by atoms with E-state index in [9.17, 15) is 4.79 Å². The highest BCUT2D eigenvalue weighted by Gasteiger charge is 2.52. The molecule has 0 radical (unpaired) electrons. The number of ether oxygens (including phenoxy) is 5. The fourth-order valence-corrected chi connectivity index (χ4v) is 6.22. The lowest BCUT2D eigenvalue weighted by atomic mass is 9.84. The van der Waals surface area contributed by atoms with Crippen molar-refractivity contribution in [3.05, 3.63) is 168 Å². The van der Waals surface area contributed by atoms with Gasteiger partial charge in [0.15, 0.2) is 23.1 Å². The first kappa shape index (κ1) is 37.7. The highest BCUT2D eigenvalue weighted by atomic mass is 16.5. The maximum atomic E-state index is 14.4. The van der Waals surface area contributed by atoms with Crippen molar-refractivity contribution in [3.8, 4) is 23.0 Å². The van der Waals surface area contributed by atoms with Crippen molar-refractivity contribution in [2.45, 2.75) is 44.1 Å². The van der Waals surface area contributed by atoms with Crippen LogP contribution in [0.4, 0.5) is 0 Å². The molecule has 0 spiro atoms. The van der Waals surface area contributed by atoms with Crippen LogP contribution in [0.25, 0.3) is 0 Å². The molecule has 1 heterocycles. The quantitative estimate of drug-likeness (QED) is 0.0661. The second-order valence-electron chi connectivity index (χ2n) is 12.9. The number of benzene rings is 5. The van der Waals surface area contributed by atoms with Gasteiger partial charge < -0.3 is 34.1 Å². The summed E-state index contributed by atoms with van der Waals surface area (Å²) in [6.45, 7) is 5.59. The Labute approximate surface area is 316 Å². The molecule has 6 rings (SSSR count). The number of carbonyl (C=O) groups excluding carboxylic acids is 1. The Bertz CT molecular complexity index is 2000. The van der Waals surface area contributed by atoms with E-state index >= 15 is 0 Å². The Morgan fingerprint density at radius 1 is 0.815 bits per heavy atom. The van der Waals surface area contributed by atoms with Crippen LogP contribution in [0.15, 0.2) is 145 Å². The molecule has 0 bridgehead atoms. The molecule has 9 heteroatoms. The smallest absolute Gasteiger partial charge is 0.252 e. The lowest BCUT2D eigenvalue weighted by Crippen LogP contribution is -2.48. The van der Waals surface area contributed by atoms with Gasteiger partial charge in [-0.25, -0.2) is 4.99 Å². The van der Waals surface area contributed by atoms with Crippen molar-refractivity contribution in [1.29, 1.82) is 0 Å². The second kappa shape index (κ2) is 18.6. The molecule has 0 aliphatic carbocycles. The van der Waals surface area contributed by atoms with Crippen LogP contribution in [-0.4, -0.2) is 49.3 Å². The normalized spacial score (nSPS) is 16.1. The first-order valence-electron chi connectivity index (χ1n) is 18.1. The van der Waals surface area contributed by atoms with Gasteiger partial charge >= 0.3 is 0 Å². The van der Waals surface area contributed by atoms with Crippen LogP contribution in [0.1, 0.15) is 46.8 Å². The number of hydrogen-bond acceptors (Lipinski definition) is 8. The van der Waals surface area contributed by atoms with Crippen LogP contribution in [0.5, 0.6) is 23.0 Å². The van der Waals surface area contributed by atoms with E-state index in [4.69, 9.17) is 33.8 Å². The van der Waals surface area contributed by atoms with Crippen LogP contribution < -0.4 is 24.3 Å². The number of hydrogen-bond donors (Lipinski definition) is 2. The Morgan fingerprint density at radius 3 is 2.19 bits per heavy atom. The summed E-state index contributed by atoms with van der Waals surface area (Å²) in [5.41, 5.74) is 3.19. The summed E-state index contributed by atoms with van der Waals surface area (Å²) in [6, 6.07) is 40.7. The van der Waals surface area contributed by atoms with Gasteiger partial charge in [-0.15, -0.1) is 6.58 Å². The zero-order valence-corrected chi connectivity index (χ0v) is 30.5. The summed E-state index contributed by atoms with van der Waals surface area (Å²) < 4.78 is 30.3. The third-order valence-electron chi connectivity index (χ3n) is 9.06. The predicted molar refractivity (Wildman–Crippen MR) is 209 cm³/mol. The van der Waals surface area contributed by atoms with Gasteiger partial charge in [-0.3, -0.25) is 4.79 Å². The number of nitrogens with one attached hydrogen (secondary N) is 1. The molecule has 2 N–H and O–H groups in total. The molecule has 1 amide bonds. The third-order valence-corrected chi connectivity index (χ3v) is 9.06. The molecular formula is C45H46N2O7. The van der Waals surface area contributed by atoms with E-state index in [0.29, 0.717) is 73.7 Å². The molecule has 0 saturated heterocycles. The number of aliphatic hydroxyl groups excluding tert-OH is 1. The maximum Gasteiger partial charge on any atom is 0.252 e. The molecule has 0 unspecified atom stereocenters. The lowest BCUT2D eigenvalue weighted by molar-refractivity contribution is -0.128. The molecule has 0 aromatic heterocycles. The first-order valence-corrected chi connectivity index (χ1v) is 18.1. The first-order chi connectivity index (χ1) is 26.5. The van der Waals surface area contributed by atoms with Gasteiger partial charge in [-0.05, 0) is 77.2 Å². The fraction of sp³-hybridized carbons (Fsp3) is 0.244. The predicted octanol–water partition coefficient (Wildman–Crippen LogP) is 7.81. The Morgan fingerprint density at radius 2 is 1.52 bits per heavy atom. The summed E-state index contributed by atoms with van der Waals surface area (Å²) in [5, 5.41) is 12.2. The van der Waals surface area contributed by atoms with E-state index in [-0.39, 0.29) is 18.9 Å². The summed E-state index contributed by atoms with van der Waals surface area (Å²) in [7, 11) is 1.60. The number of carbonyl (C=O) groups is 1. The summed E-state index contributed by atoms with van der Waals surface area (Å²) in [6.07, 6.45) is 2.26. The van der Waals surface area contributed by atoms with Gasteiger partial charge in [0.2, 0.25) is 5.90 Å². The Hall–Kier alpha value is -6.06. The summed E-state index contributed by atoms with van der Waals surface area (Å²) in [5.74, 6) is 2.63. The molecule has 0 saturated carbocycles. The van der Waals surface area contributed by atoms with Gasteiger partial charge in [0, 0.05) is 31.6 Å². The average molecular weight is 727 g/mol. The number of aliphatic imine (C=N–C) groups is 1. The third kappa shape index (κ3) is 9.48. The summed E-state index contributed by atoms with van der Waals surface area (Å²) >= 11 is 0. The van der Waals surface area contributed by atoms with Crippen LogP contribution in [0, 0.1) is 0 Å². The molecule has 0 fully saturated rings. The van der Waals surface area contributed by atoms with E-state index < -0.39 is 11.6 Å². The molecule has 2 atom stereocenters. The SMILES string of the molecule is C=CC[C@@]1(C(=O)NCCc2ccc(OCc3ccccc3)c(OCc3ccccc3)c2)N=C(c2ccc(OCCCO)cc2)O[C@@H]1c1cccc(OC)c1. The number of nitrogens with zero attached hydrogens (tertiary/aromatic N) is 1. The van der Waals surface area contributed by atoms with Crippen LogP contribution in [0.2, 0.25) is 0 Å². The molecule has 9 nitrogen and oxygen atoms in total. The minimum absolute atomic E-state index is 0.0580. The molecule has 54 heavy (non-hydrogen) atoms. The highest BCUT2D eigenvalue weighted by Crippen LogP contribution is 2.43. The van der Waals surface area contributed by atoms with Gasteiger partial charge in [0.05, 0.1) is 13.7 Å². The van der Waals surface area contributed by atoms with Crippen molar-refractivity contribution >= 4 is 11.8 Å². The van der Waals surface area contributed by atoms with Crippen LogP contribution >= 0.6 is 0 Å².